The normalized spacial score (nSPS) is 27.6. The molecular weight excluding hydrogens is 474 g/mol. The summed E-state index contributed by atoms with van der Waals surface area (Å²) in [4.78, 5) is 31.6. The van der Waals surface area contributed by atoms with Gasteiger partial charge in [0.15, 0.2) is 0 Å². The van der Waals surface area contributed by atoms with Gasteiger partial charge in [0, 0.05) is 55.1 Å². The first kappa shape index (κ1) is 26.8. The van der Waals surface area contributed by atoms with Gasteiger partial charge >= 0.3 is 0 Å². The lowest BCUT2D eigenvalue weighted by molar-refractivity contribution is -0.150. The van der Waals surface area contributed by atoms with Gasteiger partial charge in [0.2, 0.25) is 11.8 Å². The minimum Gasteiger partial charge on any atom is -0.369 e. The molecule has 1 heterocycles. The third-order valence-corrected chi connectivity index (χ3v) is 9.43. The highest BCUT2D eigenvalue weighted by molar-refractivity contribution is 5.91. The fourth-order valence-electron chi connectivity index (χ4n) is 7.80. The van der Waals surface area contributed by atoms with Crippen LogP contribution in [0.2, 0.25) is 0 Å². The van der Waals surface area contributed by atoms with Crippen molar-refractivity contribution >= 4 is 17.5 Å². The number of benzene rings is 1. The monoisotopic (exact) mass is 517 g/mol. The van der Waals surface area contributed by atoms with Crippen molar-refractivity contribution in [3.63, 3.8) is 0 Å². The van der Waals surface area contributed by atoms with E-state index in [4.69, 9.17) is 5.73 Å². The van der Waals surface area contributed by atoms with Gasteiger partial charge in [0.1, 0.15) is 0 Å². The number of nitrogens with zero attached hydrogens (tertiary/aromatic N) is 2. The lowest BCUT2D eigenvalue weighted by Gasteiger charge is -2.59. The highest BCUT2D eigenvalue weighted by atomic mass is 16.2. The van der Waals surface area contributed by atoms with Crippen LogP contribution in [-0.2, 0) is 16.1 Å². The molecular formula is C31H43N5O2. The van der Waals surface area contributed by atoms with E-state index in [9.17, 15) is 9.59 Å². The third-order valence-electron chi connectivity index (χ3n) is 9.43. The number of carbonyl (C=O) groups is 2. The van der Waals surface area contributed by atoms with Crippen LogP contribution in [0.5, 0.6) is 0 Å². The van der Waals surface area contributed by atoms with Crippen LogP contribution in [0.3, 0.4) is 0 Å². The van der Waals surface area contributed by atoms with Crippen molar-refractivity contribution in [2.45, 2.75) is 57.9 Å². The first-order valence-electron chi connectivity index (χ1n) is 14.3. The molecule has 1 aromatic carbocycles. The number of aromatic nitrogens is 1. The molecule has 7 nitrogen and oxygen atoms in total. The average Bonchev–Trinajstić information content (AvgIpc) is 2.89. The Bertz CT molecular complexity index is 1120. The molecule has 4 N–H and O–H groups in total. The molecule has 4 fully saturated rings. The number of hydrogen-bond donors (Lipinski definition) is 3. The van der Waals surface area contributed by atoms with E-state index >= 15 is 0 Å². The number of amides is 2. The maximum Gasteiger partial charge on any atom is 0.224 e. The van der Waals surface area contributed by atoms with E-state index in [1.54, 1.807) is 0 Å². The quantitative estimate of drug-likeness (QED) is 0.387. The molecule has 1 aromatic heterocycles. The Morgan fingerprint density at radius 3 is 2.50 bits per heavy atom. The van der Waals surface area contributed by atoms with Crippen LogP contribution < -0.4 is 16.4 Å². The van der Waals surface area contributed by atoms with Crippen LogP contribution >= 0.6 is 0 Å². The summed E-state index contributed by atoms with van der Waals surface area (Å²) in [5.41, 5.74) is 9.78. The summed E-state index contributed by atoms with van der Waals surface area (Å²) in [5.74, 6) is 2.57. The van der Waals surface area contributed by atoms with Crippen molar-refractivity contribution in [2.75, 3.05) is 32.5 Å². The minimum absolute atomic E-state index is 0.0718. The minimum atomic E-state index is -0.226. The predicted octanol–water partition coefficient (Wildman–Crippen LogP) is 4.44. The first-order chi connectivity index (χ1) is 18.3. The summed E-state index contributed by atoms with van der Waals surface area (Å²) in [7, 11) is 4.08. The molecule has 2 atom stereocenters. The number of anilines is 1. The number of rotatable bonds is 12. The third kappa shape index (κ3) is 5.94. The number of carbonyl (C=O) groups excluding carboxylic acids is 2. The van der Waals surface area contributed by atoms with Gasteiger partial charge < -0.3 is 21.3 Å². The maximum absolute atomic E-state index is 12.7. The van der Waals surface area contributed by atoms with Gasteiger partial charge in [-0.15, -0.1) is 0 Å². The topological polar surface area (TPSA) is 100 Å². The summed E-state index contributed by atoms with van der Waals surface area (Å²) < 4.78 is 0. The molecule has 4 bridgehead atoms. The van der Waals surface area contributed by atoms with Crippen molar-refractivity contribution < 1.29 is 9.59 Å². The largest absolute Gasteiger partial charge is 0.369 e. The van der Waals surface area contributed by atoms with Gasteiger partial charge in [0.05, 0.1) is 0 Å². The van der Waals surface area contributed by atoms with Crippen LogP contribution in [0.1, 0.15) is 56.9 Å². The van der Waals surface area contributed by atoms with Gasteiger partial charge in [-0.05, 0) is 112 Å². The number of likely N-dealkylation sites (N-methyl/N-ethyl adjacent to an activating group) is 2. The van der Waals surface area contributed by atoms with Gasteiger partial charge in [-0.1, -0.05) is 12.1 Å². The van der Waals surface area contributed by atoms with Crippen LogP contribution in [-0.4, -0.2) is 48.9 Å². The number of nitrogens with one attached hydrogen (secondary N) is 2. The molecule has 6 rings (SSSR count). The van der Waals surface area contributed by atoms with Crippen LogP contribution in [0, 0.1) is 29.1 Å². The smallest absolute Gasteiger partial charge is 0.224 e. The number of hydrogen-bond acceptors (Lipinski definition) is 5. The second-order valence-corrected chi connectivity index (χ2v) is 12.2. The van der Waals surface area contributed by atoms with Crippen molar-refractivity contribution in [3.8, 4) is 11.1 Å². The van der Waals surface area contributed by atoms with Crippen molar-refractivity contribution in [1.29, 1.82) is 0 Å². The molecule has 4 aliphatic rings. The summed E-state index contributed by atoms with van der Waals surface area (Å²) in [6.07, 6.45) is 11.8. The highest BCUT2D eigenvalue weighted by Gasteiger charge is 2.57. The Balaban J connectivity index is 1.09. The molecule has 2 amide bonds. The van der Waals surface area contributed by atoms with Crippen molar-refractivity contribution in [2.24, 2.45) is 34.8 Å². The molecule has 0 radical (unpaired) electrons. The van der Waals surface area contributed by atoms with Crippen molar-refractivity contribution in [3.05, 3.63) is 48.3 Å². The molecule has 4 saturated carbocycles. The predicted molar refractivity (Wildman–Crippen MR) is 151 cm³/mol. The first-order valence-corrected chi connectivity index (χ1v) is 14.3. The fraction of sp³-hybridized carbons (Fsp3) is 0.581. The van der Waals surface area contributed by atoms with E-state index in [1.165, 1.54) is 18.4 Å². The molecule has 7 heteroatoms. The number of pyridine rings is 1. The number of primary amides is 1. The molecule has 2 aromatic rings. The van der Waals surface area contributed by atoms with E-state index < -0.39 is 0 Å². The van der Waals surface area contributed by atoms with E-state index in [1.807, 2.05) is 43.7 Å². The highest BCUT2D eigenvalue weighted by Crippen LogP contribution is 2.63. The summed E-state index contributed by atoms with van der Waals surface area (Å²) in [6, 6.07) is 10.2. The molecule has 0 aliphatic heterocycles. The summed E-state index contributed by atoms with van der Waals surface area (Å²) >= 11 is 0. The zero-order valence-electron chi connectivity index (χ0n) is 22.9. The molecule has 2 unspecified atom stereocenters. The van der Waals surface area contributed by atoms with E-state index in [0.717, 1.165) is 68.6 Å². The Labute approximate surface area is 227 Å². The van der Waals surface area contributed by atoms with E-state index in [-0.39, 0.29) is 17.2 Å². The van der Waals surface area contributed by atoms with Gasteiger partial charge in [0.25, 0.3) is 0 Å². The standard InChI is InChI=1S/C31H43N5O2/c1-33-10-11-36(2)20-22-14-26(19-34-18-22)23-6-8-27(9-7-23)35-29(37)5-3-4-28-24-12-21-13-25(28)17-31(15-21,16-24)30(32)38/h6-9,14,18-19,21,24-25,28,33H,3-5,10-13,15-17,20H2,1-2H3,(H2,32,38)(H,35,37). The summed E-state index contributed by atoms with van der Waals surface area (Å²) in [6.45, 7) is 2.79. The lowest BCUT2D eigenvalue weighted by Crippen LogP contribution is -2.55. The van der Waals surface area contributed by atoms with Crippen LogP contribution in [0.25, 0.3) is 11.1 Å². The zero-order chi connectivity index (χ0) is 26.7. The van der Waals surface area contributed by atoms with Gasteiger partial charge in [-0.2, -0.15) is 0 Å². The molecule has 38 heavy (non-hydrogen) atoms. The molecule has 4 aliphatic carbocycles. The van der Waals surface area contributed by atoms with E-state index in [2.05, 4.69) is 33.6 Å². The maximum atomic E-state index is 12.7. The molecule has 0 spiro atoms. The van der Waals surface area contributed by atoms with Crippen LogP contribution in [0.15, 0.2) is 42.7 Å². The summed E-state index contributed by atoms with van der Waals surface area (Å²) in [5, 5.41) is 6.25. The Morgan fingerprint density at radius 2 is 1.82 bits per heavy atom. The Hall–Kier alpha value is -2.77. The lowest BCUT2D eigenvalue weighted by atomic mass is 9.45. The van der Waals surface area contributed by atoms with Crippen LogP contribution in [0.4, 0.5) is 5.69 Å². The second-order valence-electron chi connectivity index (χ2n) is 12.2. The Kier molecular flexibility index (Phi) is 8.15. The van der Waals surface area contributed by atoms with Crippen molar-refractivity contribution in [1.82, 2.24) is 15.2 Å². The fourth-order valence-corrected chi connectivity index (χ4v) is 7.80. The van der Waals surface area contributed by atoms with Gasteiger partial charge in [-0.25, -0.2) is 0 Å². The SMILES string of the molecule is CNCCN(C)Cc1cncc(-c2ccc(NC(=O)CCCC3C4CC5CC3CC(C(N)=O)(C5)C4)cc2)c1. The Morgan fingerprint density at radius 1 is 1.08 bits per heavy atom. The average molecular weight is 518 g/mol. The second kappa shape index (κ2) is 11.5. The molecule has 0 saturated heterocycles. The zero-order valence-corrected chi connectivity index (χ0v) is 22.9. The molecule has 204 valence electrons. The number of nitrogens with two attached hydrogens (primary N) is 1. The van der Waals surface area contributed by atoms with Gasteiger partial charge in [-0.3, -0.25) is 14.6 Å². The van der Waals surface area contributed by atoms with E-state index in [0.29, 0.717) is 30.1 Å².